The first-order valence-corrected chi connectivity index (χ1v) is 8.02. The average Bonchev–Trinajstić information content (AvgIpc) is 3.02. The van der Waals surface area contributed by atoms with E-state index in [0.29, 0.717) is 25.0 Å². The maximum atomic E-state index is 13.7. The number of methoxy groups -OCH3 is 1. The number of pyridine rings is 1. The molecule has 0 spiro atoms. The van der Waals surface area contributed by atoms with Gasteiger partial charge in [0.25, 0.3) is 5.91 Å². The molecule has 2 heterocycles. The van der Waals surface area contributed by atoms with Crippen LogP contribution in [0.25, 0.3) is 0 Å². The summed E-state index contributed by atoms with van der Waals surface area (Å²) in [6.07, 6.45) is 2.54. The molecule has 5 nitrogen and oxygen atoms in total. The second-order valence-corrected chi connectivity index (χ2v) is 6.03. The van der Waals surface area contributed by atoms with Gasteiger partial charge in [0.05, 0.1) is 12.7 Å². The number of aromatic nitrogens is 1. The number of nitrogens with zero attached hydrogens (tertiary/aromatic N) is 2. The molecule has 1 N–H and O–H groups in total. The van der Waals surface area contributed by atoms with Crippen LogP contribution in [0.3, 0.4) is 0 Å². The molecule has 1 amide bonds. The molecule has 132 valence electrons. The predicted molar refractivity (Wildman–Crippen MR) is 88.3 cm³/mol. The summed E-state index contributed by atoms with van der Waals surface area (Å²) in [5.74, 6) is -1.50. The third kappa shape index (κ3) is 4.30. The van der Waals surface area contributed by atoms with Gasteiger partial charge in [0, 0.05) is 44.0 Å². The van der Waals surface area contributed by atoms with Crippen LogP contribution in [-0.4, -0.2) is 42.0 Å². The van der Waals surface area contributed by atoms with Crippen molar-refractivity contribution >= 4 is 5.91 Å². The van der Waals surface area contributed by atoms with Crippen molar-refractivity contribution in [1.29, 1.82) is 0 Å². The van der Waals surface area contributed by atoms with Crippen LogP contribution in [0.15, 0.2) is 36.5 Å². The molecule has 0 aliphatic carbocycles. The third-order valence-corrected chi connectivity index (χ3v) is 4.20. The number of hydrogen-bond donors (Lipinski definition) is 1. The highest BCUT2D eigenvalue weighted by molar-refractivity contribution is 5.94. The van der Waals surface area contributed by atoms with Crippen LogP contribution in [0.2, 0.25) is 0 Å². The Bertz CT molecular complexity index is 752. The number of likely N-dealkylation sites (tertiary alicyclic amines) is 1. The van der Waals surface area contributed by atoms with Gasteiger partial charge in [-0.15, -0.1) is 0 Å². The van der Waals surface area contributed by atoms with Gasteiger partial charge in [0.15, 0.2) is 0 Å². The summed E-state index contributed by atoms with van der Waals surface area (Å²) in [4.78, 5) is 18.5. The molecule has 1 atom stereocenters. The zero-order chi connectivity index (χ0) is 17.8. The summed E-state index contributed by atoms with van der Waals surface area (Å²) >= 11 is 0. The van der Waals surface area contributed by atoms with Crippen molar-refractivity contribution in [2.75, 3.05) is 20.2 Å². The summed E-state index contributed by atoms with van der Waals surface area (Å²) in [5.41, 5.74) is 0.913. The van der Waals surface area contributed by atoms with Crippen molar-refractivity contribution in [3.05, 3.63) is 59.3 Å². The normalized spacial score (nSPS) is 17.5. The fourth-order valence-electron chi connectivity index (χ4n) is 2.91. The van der Waals surface area contributed by atoms with Gasteiger partial charge in [0.2, 0.25) is 5.88 Å². The van der Waals surface area contributed by atoms with Gasteiger partial charge in [-0.2, -0.15) is 0 Å². The van der Waals surface area contributed by atoms with E-state index in [1.165, 1.54) is 0 Å². The molecule has 0 saturated carbocycles. The first-order chi connectivity index (χ1) is 12.0. The van der Waals surface area contributed by atoms with Crippen LogP contribution >= 0.6 is 0 Å². The Morgan fingerprint density at radius 2 is 2.20 bits per heavy atom. The van der Waals surface area contributed by atoms with Crippen LogP contribution in [0.1, 0.15) is 22.3 Å². The third-order valence-electron chi connectivity index (χ3n) is 4.20. The molecule has 25 heavy (non-hydrogen) atoms. The van der Waals surface area contributed by atoms with Crippen molar-refractivity contribution in [3.63, 3.8) is 0 Å². The van der Waals surface area contributed by atoms with Gasteiger partial charge in [-0.3, -0.25) is 9.69 Å². The molecule has 1 fully saturated rings. The first-order valence-electron chi connectivity index (χ1n) is 8.02. The van der Waals surface area contributed by atoms with Gasteiger partial charge in [-0.05, 0) is 24.1 Å². The van der Waals surface area contributed by atoms with Crippen molar-refractivity contribution in [2.45, 2.75) is 19.0 Å². The Morgan fingerprint density at radius 3 is 2.88 bits per heavy atom. The molecule has 1 saturated heterocycles. The maximum Gasteiger partial charge on any atom is 0.254 e. The van der Waals surface area contributed by atoms with Gasteiger partial charge in [-0.1, -0.05) is 6.07 Å². The monoisotopic (exact) mass is 347 g/mol. The number of halogens is 2. The average molecular weight is 347 g/mol. The first kappa shape index (κ1) is 17.3. The van der Waals surface area contributed by atoms with Gasteiger partial charge < -0.3 is 10.1 Å². The largest absolute Gasteiger partial charge is 0.481 e. The van der Waals surface area contributed by atoms with E-state index in [1.807, 2.05) is 12.1 Å². The minimum atomic E-state index is -0.850. The van der Waals surface area contributed by atoms with E-state index >= 15 is 0 Å². The van der Waals surface area contributed by atoms with Crippen LogP contribution in [-0.2, 0) is 6.54 Å². The minimum Gasteiger partial charge on any atom is -0.481 e. The highest BCUT2D eigenvalue weighted by Gasteiger charge is 2.25. The lowest BCUT2D eigenvalue weighted by Crippen LogP contribution is -2.37. The van der Waals surface area contributed by atoms with E-state index in [1.54, 1.807) is 13.3 Å². The number of benzene rings is 1. The second-order valence-electron chi connectivity index (χ2n) is 6.03. The Balaban J connectivity index is 1.54. The molecule has 1 aliphatic heterocycles. The van der Waals surface area contributed by atoms with Gasteiger partial charge >= 0.3 is 0 Å². The molecule has 0 unspecified atom stereocenters. The van der Waals surface area contributed by atoms with Crippen LogP contribution in [0.5, 0.6) is 5.88 Å². The molecule has 3 rings (SSSR count). The molecular weight excluding hydrogens is 328 g/mol. The molecule has 1 aromatic heterocycles. The maximum absolute atomic E-state index is 13.7. The molecule has 2 aromatic rings. The van der Waals surface area contributed by atoms with E-state index in [0.717, 1.165) is 30.7 Å². The molecule has 0 bridgehead atoms. The van der Waals surface area contributed by atoms with Gasteiger partial charge in [-0.25, -0.2) is 13.8 Å². The SMILES string of the molecule is COc1ccc(CN2CC[C@@H](NC(=O)c3ccc(F)cc3F)C2)cn1. The van der Waals surface area contributed by atoms with Crippen LogP contribution < -0.4 is 10.1 Å². The number of amides is 1. The highest BCUT2D eigenvalue weighted by atomic mass is 19.1. The Labute approximate surface area is 144 Å². The number of hydrogen-bond acceptors (Lipinski definition) is 4. The molecule has 7 heteroatoms. The number of ether oxygens (including phenoxy) is 1. The smallest absolute Gasteiger partial charge is 0.254 e. The minimum absolute atomic E-state index is 0.0665. The number of carbonyl (C=O) groups is 1. The Kier molecular flexibility index (Phi) is 5.23. The van der Waals surface area contributed by atoms with E-state index < -0.39 is 17.5 Å². The van der Waals surface area contributed by atoms with Crippen molar-refractivity contribution in [3.8, 4) is 5.88 Å². The van der Waals surface area contributed by atoms with Gasteiger partial charge in [0.1, 0.15) is 11.6 Å². The van der Waals surface area contributed by atoms with Crippen molar-refractivity contribution < 1.29 is 18.3 Å². The molecule has 1 aliphatic rings. The lowest BCUT2D eigenvalue weighted by Gasteiger charge is -2.17. The fourth-order valence-corrected chi connectivity index (χ4v) is 2.91. The molecule has 0 radical (unpaired) electrons. The van der Waals surface area contributed by atoms with Crippen LogP contribution in [0.4, 0.5) is 8.78 Å². The van der Waals surface area contributed by atoms with Crippen LogP contribution in [0, 0.1) is 11.6 Å². The predicted octanol–water partition coefficient (Wildman–Crippen LogP) is 2.37. The van der Waals surface area contributed by atoms with E-state index in [9.17, 15) is 13.6 Å². The quantitative estimate of drug-likeness (QED) is 0.902. The van der Waals surface area contributed by atoms with Crippen molar-refractivity contribution in [2.24, 2.45) is 0 Å². The Hall–Kier alpha value is -2.54. The lowest BCUT2D eigenvalue weighted by atomic mass is 10.1. The summed E-state index contributed by atoms with van der Waals surface area (Å²) < 4.78 is 31.6. The zero-order valence-corrected chi connectivity index (χ0v) is 13.8. The molecule has 1 aromatic carbocycles. The number of rotatable bonds is 5. The van der Waals surface area contributed by atoms with E-state index in [4.69, 9.17) is 4.74 Å². The highest BCUT2D eigenvalue weighted by Crippen LogP contribution is 2.16. The number of nitrogens with one attached hydrogen (secondary N) is 1. The second kappa shape index (κ2) is 7.57. The zero-order valence-electron chi connectivity index (χ0n) is 13.8. The standard InChI is InChI=1S/C18H19F2N3O2/c1-25-17-5-2-12(9-21-17)10-23-7-6-14(11-23)22-18(24)15-4-3-13(19)8-16(15)20/h2-5,8-9,14H,6-7,10-11H2,1H3,(H,22,24)/t14-/m1/s1. The van der Waals surface area contributed by atoms with Crippen molar-refractivity contribution in [1.82, 2.24) is 15.2 Å². The van der Waals surface area contributed by atoms with E-state index in [-0.39, 0.29) is 11.6 Å². The summed E-state index contributed by atoms with van der Waals surface area (Å²) in [6.45, 7) is 2.21. The summed E-state index contributed by atoms with van der Waals surface area (Å²) in [6, 6.07) is 6.65. The number of carbonyl (C=O) groups excluding carboxylic acids is 1. The molecular formula is C18H19F2N3O2. The summed E-state index contributed by atoms with van der Waals surface area (Å²) in [7, 11) is 1.57. The Morgan fingerprint density at radius 1 is 1.36 bits per heavy atom. The summed E-state index contributed by atoms with van der Waals surface area (Å²) in [5, 5.41) is 2.81. The fraction of sp³-hybridized carbons (Fsp3) is 0.333. The topological polar surface area (TPSA) is 54.5 Å². The lowest BCUT2D eigenvalue weighted by molar-refractivity contribution is 0.0933. The van der Waals surface area contributed by atoms with E-state index in [2.05, 4.69) is 15.2 Å².